The Morgan fingerprint density at radius 1 is 0.844 bits per heavy atom. The lowest BCUT2D eigenvalue weighted by Crippen LogP contribution is -2.41. The van der Waals surface area contributed by atoms with Crippen LogP contribution in [0.25, 0.3) is 0 Å². The standard InChI is InChI=1S/C26H30N2O3S/c1-20-8-7-11-24(16-20)18-27-26(29)19-28(15-14-23-9-5-4-6-10-23)32(30,31)25-17-21(2)12-13-22(25)3/h4-13,16-17H,14-15,18-19H2,1-3H3,(H,27,29). The number of amides is 1. The van der Waals surface area contributed by atoms with Gasteiger partial charge in [0, 0.05) is 13.1 Å². The molecule has 0 saturated heterocycles. The van der Waals surface area contributed by atoms with Crippen LogP contribution in [0.2, 0.25) is 0 Å². The number of carbonyl (C=O) groups excluding carboxylic acids is 1. The summed E-state index contributed by atoms with van der Waals surface area (Å²) in [7, 11) is -3.84. The number of nitrogens with one attached hydrogen (secondary N) is 1. The lowest BCUT2D eigenvalue weighted by Gasteiger charge is -2.23. The summed E-state index contributed by atoms with van der Waals surface area (Å²) in [4.78, 5) is 13.0. The quantitative estimate of drug-likeness (QED) is 0.532. The van der Waals surface area contributed by atoms with Gasteiger partial charge in [0.25, 0.3) is 0 Å². The number of rotatable bonds is 9. The van der Waals surface area contributed by atoms with Crippen LogP contribution < -0.4 is 5.32 Å². The number of nitrogens with zero attached hydrogens (tertiary/aromatic N) is 1. The third-order valence-corrected chi connectivity index (χ3v) is 7.33. The summed E-state index contributed by atoms with van der Waals surface area (Å²) < 4.78 is 28.3. The van der Waals surface area contributed by atoms with E-state index < -0.39 is 10.0 Å². The summed E-state index contributed by atoms with van der Waals surface area (Å²) in [5.74, 6) is -0.326. The van der Waals surface area contributed by atoms with Crippen molar-refractivity contribution in [3.63, 3.8) is 0 Å². The molecular weight excluding hydrogens is 420 g/mol. The van der Waals surface area contributed by atoms with E-state index in [2.05, 4.69) is 5.32 Å². The lowest BCUT2D eigenvalue weighted by molar-refractivity contribution is -0.121. The number of hydrogen-bond acceptors (Lipinski definition) is 3. The van der Waals surface area contributed by atoms with Crippen molar-refractivity contribution >= 4 is 15.9 Å². The van der Waals surface area contributed by atoms with Gasteiger partial charge in [0.2, 0.25) is 15.9 Å². The van der Waals surface area contributed by atoms with Crippen molar-refractivity contribution in [3.05, 3.63) is 101 Å². The zero-order valence-electron chi connectivity index (χ0n) is 18.8. The molecule has 0 radical (unpaired) electrons. The lowest BCUT2D eigenvalue weighted by atomic mass is 10.1. The molecule has 6 heteroatoms. The first-order valence-electron chi connectivity index (χ1n) is 10.7. The van der Waals surface area contributed by atoms with Crippen molar-refractivity contribution in [1.82, 2.24) is 9.62 Å². The van der Waals surface area contributed by atoms with Gasteiger partial charge in [0.05, 0.1) is 11.4 Å². The molecule has 3 aromatic carbocycles. The molecule has 0 spiro atoms. The van der Waals surface area contributed by atoms with Gasteiger partial charge in [-0.2, -0.15) is 4.31 Å². The second kappa shape index (κ2) is 10.6. The van der Waals surface area contributed by atoms with Gasteiger partial charge >= 0.3 is 0 Å². The van der Waals surface area contributed by atoms with Crippen molar-refractivity contribution in [2.75, 3.05) is 13.1 Å². The number of carbonyl (C=O) groups is 1. The Labute approximate surface area is 191 Å². The maximum Gasteiger partial charge on any atom is 0.243 e. The third kappa shape index (κ3) is 6.28. The first kappa shape index (κ1) is 23.7. The molecule has 3 aromatic rings. The molecule has 0 aromatic heterocycles. The van der Waals surface area contributed by atoms with E-state index in [1.165, 1.54) is 4.31 Å². The highest BCUT2D eigenvalue weighted by atomic mass is 32.2. The highest BCUT2D eigenvalue weighted by Crippen LogP contribution is 2.22. The van der Waals surface area contributed by atoms with Crippen LogP contribution in [0.4, 0.5) is 0 Å². The summed E-state index contributed by atoms with van der Waals surface area (Å²) in [5.41, 5.74) is 4.64. The number of aryl methyl sites for hydroxylation is 3. The molecule has 1 amide bonds. The SMILES string of the molecule is Cc1cccc(CNC(=O)CN(CCc2ccccc2)S(=O)(=O)c2cc(C)ccc2C)c1. The van der Waals surface area contributed by atoms with Crippen LogP contribution in [0.5, 0.6) is 0 Å². The molecule has 3 rings (SSSR count). The summed E-state index contributed by atoms with van der Waals surface area (Å²) in [6.07, 6.45) is 0.524. The van der Waals surface area contributed by atoms with Gasteiger partial charge in [-0.15, -0.1) is 0 Å². The van der Waals surface area contributed by atoms with Gasteiger partial charge in [0.1, 0.15) is 0 Å². The van der Waals surface area contributed by atoms with Crippen LogP contribution in [0.15, 0.2) is 77.7 Å². The maximum absolute atomic E-state index is 13.5. The molecule has 0 fully saturated rings. The van der Waals surface area contributed by atoms with Gasteiger partial charge in [-0.3, -0.25) is 4.79 Å². The molecule has 0 atom stereocenters. The fraction of sp³-hybridized carbons (Fsp3) is 0.269. The van der Waals surface area contributed by atoms with Gasteiger partial charge in [0.15, 0.2) is 0 Å². The molecule has 0 aliphatic rings. The second-order valence-corrected chi connectivity index (χ2v) is 10.0. The predicted molar refractivity (Wildman–Crippen MR) is 128 cm³/mol. The molecule has 0 bridgehead atoms. The Hall–Kier alpha value is -2.96. The van der Waals surface area contributed by atoms with E-state index in [-0.39, 0.29) is 23.9 Å². The number of hydrogen-bond donors (Lipinski definition) is 1. The topological polar surface area (TPSA) is 66.5 Å². The van der Waals surface area contributed by atoms with E-state index >= 15 is 0 Å². The summed E-state index contributed by atoms with van der Waals surface area (Å²) in [5, 5.41) is 2.86. The monoisotopic (exact) mass is 450 g/mol. The fourth-order valence-electron chi connectivity index (χ4n) is 3.55. The molecule has 0 heterocycles. The van der Waals surface area contributed by atoms with Crippen LogP contribution in [0, 0.1) is 20.8 Å². The zero-order valence-corrected chi connectivity index (χ0v) is 19.7. The van der Waals surface area contributed by atoms with E-state index in [0.29, 0.717) is 18.5 Å². The minimum atomic E-state index is -3.84. The van der Waals surface area contributed by atoms with E-state index in [9.17, 15) is 13.2 Å². The summed E-state index contributed by atoms with van der Waals surface area (Å²) >= 11 is 0. The van der Waals surface area contributed by atoms with Crippen LogP contribution in [-0.4, -0.2) is 31.7 Å². The van der Waals surface area contributed by atoms with Crippen molar-refractivity contribution in [3.8, 4) is 0 Å². The van der Waals surface area contributed by atoms with E-state index in [1.807, 2.05) is 74.5 Å². The minimum absolute atomic E-state index is 0.220. The number of benzene rings is 3. The van der Waals surface area contributed by atoms with Crippen LogP contribution >= 0.6 is 0 Å². The molecule has 0 aliphatic heterocycles. The normalized spacial score (nSPS) is 11.5. The molecule has 0 unspecified atom stereocenters. The predicted octanol–water partition coefficient (Wildman–Crippen LogP) is 4.16. The Bertz CT molecular complexity index is 1170. The molecule has 1 N–H and O–H groups in total. The highest BCUT2D eigenvalue weighted by Gasteiger charge is 2.28. The molecule has 32 heavy (non-hydrogen) atoms. The molecule has 168 valence electrons. The average molecular weight is 451 g/mol. The van der Waals surface area contributed by atoms with Gasteiger partial charge in [-0.05, 0) is 55.5 Å². The van der Waals surface area contributed by atoms with Crippen LogP contribution in [0.3, 0.4) is 0 Å². The summed E-state index contributed by atoms with van der Waals surface area (Å²) in [6.45, 7) is 5.98. The van der Waals surface area contributed by atoms with Crippen LogP contribution in [0.1, 0.15) is 27.8 Å². The smallest absolute Gasteiger partial charge is 0.243 e. The van der Waals surface area contributed by atoms with E-state index in [0.717, 1.165) is 22.3 Å². The zero-order chi connectivity index (χ0) is 23.1. The van der Waals surface area contributed by atoms with Gasteiger partial charge in [-0.1, -0.05) is 72.3 Å². The largest absolute Gasteiger partial charge is 0.351 e. The van der Waals surface area contributed by atoms with Crippen molar-refractivity contribution in [2.24, 2.45) is 0 Å². The Kier molecular flexibility index (Phi) is 7.83. The van der Waals surface area contributed by atoms with Gasteiger partial charge in [-0.25, -0.2) is 8.42 Å². The summed E-state index contributed by atoms with van der Waals surface area (Å²) in [6, 6.07) is 22.9. The highest BCUT2D eigenvalue weighted by molar-refractivity contribution is 7.89. The third-order valence-electron chi connectivity index (χ3n) is 5.35. The second-order valence-electron chi connectivity index (χ2n) is 8.11. The van der Waals surface area contributed by atoms with Crippen LogP contribution in [-0.2, 0) is 27.8 Å². The van der Waals surface area contributed by atoms with E-state index in [4.69, 9.17) is 0 Å². The fourth-order valence-corrected chi connectivity index (χ4v) is 5.25. The maximum atomic E-state index is 13.5. The van der Waals surface area contributed by atoms with E-state index in [1.54, 1.807) is 19.1 Å². The minimum Gasteiger partial charge on any atom is -0.351 e. The molecule has 5 nitrogen and oxygen atoms in total. The Morgan fingerprint density at radius 3 is 2.25 bits per heavy atom. The first-order chi connectivity index (χ1) is 15.3. The molecule has 0 aliphatic carbocycles. The molecule has 0 saturated carbocycles. The van der Waals surface area contributed by atoms with Crippen molar-refractivity contribution in [2.45, 2.75) is 38.6 Å². The number of sulfonamides is 1. The Morgan fingerprint density at radius 2 is 1.53 bits per heavy atom. The van der Waals surface area contributed by atoms with Gasteiger partial charge < -0.3 is 5.32 Å². The van der Waals surface area contributed by atoms with Crippen molar-refractivity contribution < 1.29 is 13.2 Å². The average Bonchev–Trinajstić information content (AvgIpc) is 2.77. The Balaban J connectivity index is 1.79. The first-order valence-corrected chi connectivity index (χ1v) is 12.1. The molecular formula is C26H30N2O3S. The van der Waals surface area contributed by atoms with Crippen molar-refractivity contribution in [1.29, 1.82) is 0 Å².